The van der Waals surface area contributed by atoms with Gasteiger partial charge in [0.1, 0.15) is 10.7 Å². The molecule has 0 bridgehead atoms. The maximum atomic E-state index is 13.4. The van der Waals surface area contributed by atoms with Crippen molar-refractivity contribution in [2.24, 2.45) is 0 Å². The van der Waals surface area contributed by atoms with Crippen LogP contribution in [0.1, 0.15) is 0 Å². The molecule has 0 saturated heterocycles. The maximum Gasteiger partial charge on any atom is 0.243 e. The van der Waals surface area contributed by atoms with E-state index in [0.29, 0.717) is 10.4 Å². The quantitative estimate of drug-likeness (QED) is 0.660. The third-order valence-corrected chi connectivity index (χ3v) is 3.96. The summed E-state index contributed by atoms with van der Waals surface area (Å²) in [5, 5.41) is 0. The van der Waals surface area contributed by atoms with Crippen molar-refractivity contribution in [3.05, 3.63) is 40.6 Å². The molecule has 0 radical (unpaired) electrons. The lowest BCUT2D eigenvalue weighted by Gasteiger charge is -2.05. The van der Waals surface area contributed by atoms with Crippen molar-refractivity contribution < 1.29 is 12.8 Å². The van der Waals surface area contributed by atoms with E-state index in [1.54, 1.807) is 12.2 Å². The van der Waals surface area contributed by atoms with Crippen LogP contribution >= 0.6 is 27.5 Å². The van der Waals surface area contributed by atoms with Crippen molar-refractivity contribution in [3.63, 3.8) is 0 Å². The van der Waals surface area contributed by atoms with Gasteiger partial charge < -0.3 is 0 Å². The fourth-order valence-electron chi connectivity index (χ4n) is 1.08. The van der Waals surface area contributed by atoms with E-state index >= 15 is 0 Å². The van der Waals surface area contributed by atoms with Crippen molar-refractivity contribution in [1.29, 1.82) is 0 Å². The molecule has 0 spiro atoms. The van der Waals surface area contributed by atoms with Crippen LogP contribution < -0.4 is 4.72 Å². The summed E-state index contributed by atoms with van der Waals surface area (Å²) in [7, 11) is -3.83. The van der Waals surface area contributed by atoms with E-state index in [-0.39, 0.29) is 11.4 Å². The zero-order chi connectivity index (χ0) is 12.9. The minimum Gasteiger partial charge on any atom is -0.207 e. The molecule has 0 fully saturated rings. The van der Waals surface area contributed by atoms with Crippen LogP contribution in [-0.4, -0.2) is 20.8 Å². The summed E-state index contributed by atoms with van der Waals surface area (Å²) in [4.78, 5) is -0.375. The highest BCUT2D eigenvalue weighted by molar-refractivity contribution is 9.10. The van der Waals surface area contributed by atoms with E-state index in [9.17, 15) is 12.8 Å². The molecule has 3 nitrogen and oxygen atoms in total. The second-order valence-electron chi connectivity index (χ2n) is 3.05. The topological polar surface area (TPSA) is 46.2 Å². The SMILES string of the molecule is O=S(=O)(NC/C=C/CCl)c1ccc(Br)cc1F. The first-order chi connectivity index (χ1) is 7.97. The largest absolute Gasteiger partial charge is 0.243 e. The Morgan fingerprint density at radius 2 is 2.12 bits per heavy atom. The summed E-state index contributed by atoms with van der Waals surface area (Å²) in [6.07, 6.45) is 3.16. The number of nitrogens with one attached hydrogen (secondary N) is 1. The van der Waals surface area contributed by atoms with Gasteiger partial charge in [-0.3, -0.25) is 0 Å². The average Bonchev–Trinajstić information content (AvgIpc) is 2.24. The molecule has 0 heterocycles. The van der Waals surface area contributed by atoms with Crippen molar-refractivity contribution >= 4 is 37.6 Å². The lowest BCUT2D eigenvalue weighted by atomic mass is 10.3. The fourth-order valence-corrected chi connectivity index (χ4v) is 2.57. The Morgan fingerprint density at radius 3 is 2.71 bits per heavy atom. The van der Waals surface area contributed by atoms with E-state index in [1.165, 1.54) is 12.1 Å². The molecular formula is C10H10BrClFNO2S. The highest BCUT2D eigenvalue weighted by Gasteiger charge is 2.17. The molecule has 1 aromatic rings. The lowest BCUT2D eigenvalue weighted by molar-refractivity contribution is 0.559. The highest BCUT2D eigenvalue weighted by atomic mass is 79.9. The molecule has 94 valence electrons. The van der Waals surface area contributed by atoms with Gasteiger partial charge in [0.15, 0.2) is 0 Å². The Morgan fingerprint density at radius 1 is 1.41 bits per heavy atom. The van der Waals surface area contributed by atoms with E-state index in [2.05, 4.69) is 20.7 Å². The zero-order valence-corrected chi connectivity index (χ0v) is 11.8. The molecule has 17 heavy (non-hydrogen) atoms. The lowest BCUT2D eigenvalue weighted by Crippen LogP contribution is -2.24. The molecule has 0 aliphatic heterocycles. The fraction of sp³-hybridized carbons (Fsp3) is 0.200. The Kier molecular flexibility index (Phi) is 5.58. The van der Waals surface area contributed by atoms with Crippen molar-refractivity contribution in [2.45, 2.75) is 4.90 Å². The van der Waals surface area contributed by atoms with Gasteiger partial charge in [-0.1, -0.05) is 28.1 Å². The van der Waals surface area contributed by atoms with Gasteiger partial charge in [-0.05, 0) is 18.2 Å². The summed E-state index contributed by atoms with van der Waals surface area (Å²) in [5.41, 5.74) is 0. The van der Waals surface area contributed by atoms with Crippen LogP contribution in [0.2, 0.25) is 0 Å². The third kappa shape index (κ3) is 4.39. The van der Waals surface area contributed by atoms with E-state index in [4.69, 9.17) is 11.6 Å². The van der Waals surface area contributed by atoms with Gasteiger partial charge in [-0.15, -0.1) is 11.6 Å². The van der Waals surface area contributed by atoms with E-state index in [0.717, 1.165) is 6.07 Å². The Balaban J connectivity index is 2.86. The number of allylic oxidation sites excluding steroid dienone is 1. The number of sulfonamides is 1. The second-order valence-corrected chi connectivity index (χ2v) is 6.01. The van der Waals surface area contributed by atoms with Gasteiger partial charge in [0.05, 0.1) is 0 Å². The first-order valence-electron chi connectivity index (χ1n) is 4.63. The van der Waals surface area contributed by atoms with Crippen LogP contribution in [0.15, 0.2) is 39.7 Å². The van der Waals surface area contributed by atoms with Crippen LogP contribution in [0.3, 0.4) is 0 Å². The second kappa shape index (κ2) is 6.49. The minimum absolute atomic E-state index is 0.0740. The molecule has 7 heteroatoms. The summed E-state index contributed by atoms with van der Waals surface area (Å²) >= 11 is 8.44. The van der Waals surface area contributed by atoms with Crippen LogP contribution in [0.4, 0.5) is 4.39 Å². The molecule has 0 unspecified atom stereocenters. The zero-order valence-electron chi connectivity index (χ0n) is 8.66. The molecular weight excluding hydrogens is 333 g/mol. The van der Waals surface area contributed by atoms with Gasteiger partial charge in [0, 0.05) is 16.9 Å². The number of hydrogen-bond acceptors (Lipinski definition) is 2. The Labute approximate surface area is 113 Å². The normalized spacial score (nSPS) is 12.2. The monoisotopic (exact) mass is 341 g/mol. The molecule has 0 saturated carbocycles. The molecule has 0 amide bonds. The number of benzene rings is 1. The standard InChI is InChI=1S/C10H10BrClFNO2S/c11-8-3-4-10(9(13)7-8)17(15,16)14-6-2-1-5-12/h1-4,7,14H,5-6H2/b2-1+. The molecule has 0 aliphatic rings. The minimum atomic E-state index is -3.83. The average molecular weight is 343 g/mol. The van der Waals surface area contributed by atoms with Crippen molar-refractivity contribution in [2.75, 3.05) is 12.4 Å². The Bertz CT molecular complexity index is 519. The van der Waals surface area contributed by atoms with Crippen LogP contribution in [0, 0.1) is 5.82 Å². The number of halogens is 3. The number of alkyl halides is 1. The van der Waals surface area contributed by atoms with Crippen molar-refractivity contribution in [1.82, 2.24) is 4.72 Å². The maximum absolute atomic E-state index is 13.4. The number of rotatable bonds is 5. The first kappa shape index (κ1) is 14.6. The van der Waals surface area contributed by atoms with Gasteiger partial charge in [-0.25, -0.2) is 17.5 Å². The molecule has 1 aromatic carbocycles. The molecule has 0 atom stereocenters. The van der Waals surface area contributed by atoms with Crippen LogP contribution in [-0.2, 0) is 10.0 Å². The van der Waals surface area contributed by atoms with Crippen LogP contribution in [0.5, 0.6) is 0 Å². The molecule has 0 aliphatic carbocycles. The summed E-state index contributed by atoms with van der Waals surface area (Å²) in [6.45, 7) is 0.0740. The van der Waals surface area contributed by atoms with E-state index < -0.39 is 15.8 Å². The van der Waals surface area contributed by atoms with Gasteiger partial charge in [0.2, 0.25) is 10.0 Å². The summed E-state index contributed by atoms with van der Waals surface area (Å²) in [6, 6.07) is 3.77. The van der Waals surface area contributed by atoms with Gasteiger partial charge >= 0.3 is 0 Å². The smallest absolute Gasteiger partial charge is 0.207 e. The van der Waals surface area contributed by atoms with Crippen molar-refractivity contribution in [3.8, 4) is 0 Å². The van der Waals surface area contributed by atoms with E-state index in [1.807, 2.05) is 0 Å². The summed E-state index contributed by atoms with van der Waals surface area (Å²) < 4.78 is 39.5. The predicted molar refractivity (Wildman–Crippen MR) is 69.1 cm³/mol. The molecule has 0 aromatic heterocycles. The number of hydrogen-bond donors (Lipinski definition) is 1. The third-order valence-electron chi connectivity index (χ3n) is 1.83. The van der Waals surface area contributed by atoms with Gasteiger partial charge in [-0.2, -0.15) is 0 Å². The first-order valence-corrected chi connectivity index (χ1v) is 7.44. The highest BCUT2D eigenvalue weighted by Crippen LogP contribution is 2.18. The predicted octanol–water partition coefficient (Wildman–Crippen LogP) is 2.66. The van der Waals surface area contributed by atoms with Crippen LogP contribution in [0.25, 0.3) is 0 Å². The summed E-state index contributed by atoms with van der Waals surface area (Å²) in [5.74, 6) is -0.498. The Hall–Kier alpha value is -0.430. The van der Waals surface area contributed by atoms with Gasteiger partial charge in [0.25, 0.3) is 0 Å². The molecule has 1 N–H and O–H groups in total. The molecule has 1 rings (SSSR count).